The monoisotopic (exact) mass is 240 g/mol. The minimum atomic E-state index is -0.350. The predicted molar refractivity (Wildman–Crippen MR) is 66.6 cm³/mol. The van der Waals surface area contributed by atoms with Gasteiger partial charge in [-0.05, 0) is 31.1 Å². The lowest BCUT2D eigenvalue weighted by molar-refractivity contribution is -0.134. The molecule has 2 N–H and O–H groups in total. The molecule has 17 heavy (non-hydrogen) atoms. The van der Waals surface area contributed by atoms with Crippen molar-refractivity contribution in [1.29, 1.82) is 0 Å². The first kappa shape index (κ1) is 12.8. The fraction of sp³-hybridized carbons (Fsp3) is 0.923. The molecule has 2 rings (SSSR count). The van der Waals surface area contributed by atoms with Gasteiger partial charge in [-0.1, -0.05) is 13.8 Å². The van der Waals surface area contributed by atoms with Gasteiger partial charge < -0.3 is 15.3 Å². The van der Waals surface area contributed by atoms with Gasteiger partial charge in [-0.2, -0.15) is 0 Å². The topological polar surface area (TPSA) is 52.6 Å². The second kappa shape index (κ2) is 5.36. The first-order valence-electron chi connectivity index (χ1n) is 6.78. The summed E-state index contributed by atoms with van der Waals surface area (Å²) in [5.41, 5.74) is 0. The third-order valence-electron chi connectivity index (χ3n) is 4.20. The number of rotatable bonds is 2. The zero-order valence-electron chi connectivity index (χ0n) is 10.9. The van der Waals surface area contributed by atoms with Gasteiger partial charge >= 0.3 is 0 Å². The molecule has 2 fully saturated rings. The highest BCUT2D eigenvalue weighted by molar-refractivity contribution is 5.82. The summed E-state index contributed by atoms with van der Waals surface area (Å²) < 4.78 is 0. The van der Waals surface area contributed by atoms with E-state index < -0.39 is 0 Å². The Bertz CT molecular complexity index is 273. The van der Waals surface area contributed by atoms with E-state index in [0.29, 0.717) is 13.0 Å². The van der Waals surface area contributed by atoms with Crippen LogP contribution in [0.1, 0.15) is 33.1 Å². The first-order valence-corrected chi connectivity index (χ1v) is 6.78. The summed E-state index contributed by atoms with van der Waals surface area (Å²) in [4.78, 5) is 14.1. The fourth-order valence-corrected chi connectivity index (χ4v) is 2.91. The number of hydrogen-bond acceptors (Lipinski definition) is 3. The maximum Gasteiger partial charge on any atom is 0.239 e. The molecular formula is C13H24N2O2. The molecule has 2 aliphatic rings. The van der Waals surface area contributed by atoms with Gasteiger partial charge in [-0.15, -0.1) is 0 Å². The Labute approximate surface area is 103 Å². The molecule has 0 radical (unpaired) electrons. The average Bonchev–Trinajstić information content (AvgIpc) is 2.75. The number of aliphatic hydroxyl groups excluding tert-OH is 1. The highest BCUT2D eigenvalue weighted by atomic mass is 16.3. The van der Waals surface area contributed by atoms with Gasteiger partial charge in [0.05, 0.1) is 12.1 Å². The number of carbonyl (C=O) groups is 1. The van der Waals surface area contributed by atoms with Gasteiger partial charge in [0.15, 0.2) is 0 Å². The van der Waals surface area contributed by atoms with E-state index in [4.69, 9.17) is 0 Å². The van der Waals surface area contributed by atoms with Crippen molar-refractivity contribution in [2.45, 2.75) is 45.3 Å². The zero-order valence-corrected chi connectivity index (χ0v) is 10.9. The van der Waals surface area contributed by atoms with Crippen LogP contribution in [0.3, 0.4) is 0 Å². The molecule has 0 aromatic heterocycles. The molecule has 4 nitrogen and oxygen atoms in total. The number of carbonyl (C=O) groups excluding carboxylic acids is 1. The molecule has 2 saturated heterocycles. The quantitative estimate of drug-likeness (QED) is 0.743. The number of nitrogens with zero attached hydrogens (tertiary/aromatic N) is 1. The standard InChI is InChI=1S/C13H24N2O2/c1-9(2)10-3-5-15(6-4-10)13(17)12-7-11(16)8-14-12/h9-12,14,16H,3-8H2,1-2H3. The van der Waals surface area contributed by atoms with E-state index in [1.165, 1.54) is 0 Å². The number of piperidine rings is 1. The Morgan fingerprint density at radius 1 is 1.35 bits per heavy atom. The Balaban J connectivity index is 1.82. The highest BCUT2D eigenvalue weighted by Gasteiger charge is 2.33. The van der Waals surface area contributed by atoms with Gasteiger partial charge in [-0.25, -0.2) is 0 Å². The van der Waals surface area contributed by atoms with Crippen LogP contribution in [0.15, 0.2) is 0 Å². The van der Waals surface area contributed by atoms with Gasteiger partial charge in [0, 0.05) is 19.6 Å². The highest BCUT2D eigenvalue weighted by Crippen LogP contribution is 2.25. The maximum atomic E-state index is 12.2. The minimum Gasteiger partial charge on any atom is -0.392 e. The largest absolute Gasteiger partial charge is 0.392 e. The van der Waals surface area contributed by atoms with Crippen molar-refractivity contribution in [3.05, 3.63) is 0 Å². The van der Waals surface area contributed by atoms with Crippen LogP contribution in [0, 0.1) is 11.8 Å². The molecule has 2 unspecified atom stereocenters. The normalized spacial score (nSPS) is 31.2. The van der Waals surface area contributed by atoms with Crippen LogP contribution in [-0.4, -0.2) is 47.7 Å². The smallest absolute Gasteiger partial charge is 0.239 e. The van der Waals surface area contributed by atoms with E-state index >= 15 is 0 Å². The number of hydrogen-bond donors (Lipinski definition) is 2. The predicted octanol–water partition coefficient (Wildman–Crippen LogP) is 0.604. The van der Waals surface area contributed by atoms with Crippen molar-refractivity contribution in [2.75, 3.05) is 19.6 Å². The van der Waals surface area contributed by atoms with E-state index in [0.717, 1.165) is 37.8 Å². The van der Waals surface area contributed by atoms with Gasteiger partial charge in [-0.3, -0.25) is 4.79 Å². The van der Waals surface area contributed by atoms with E-state index in [1.54, 1.807) is 0 Å². The van der Waals surface area contributed by atoms with Crippen molar-refractivity contribution >= 4 is 5.91 Å². The van der Waals surface area contributed by atoms with E-state index in [1.807, 2.05) is 4.90 Å². The lowest BCUT2D eigenvalue weighted by atomic mass is 9.86. The summed E-state index contributed by atoms with van der Waals surface area (Å²) in [7, 11) is 0. The van der Waals surface area contributed by atoms with Crippen LogP contribution in [-0.2, 0) is 4.79 Å². The molecule has 1 amide bonds. The summed E-state index contributed by atoms with van der Waals surface area (Å²) in [6.07, 6.45) is 2.47. The first-order chi connectivity index (χ1) is 8.08. The van der Waals surface area contributed by atoms with Crippen LogP contribution in [0.4, 0.5) is 0 Å². The summed E-state index contributed by atoms with van der Waals surface area (Å²) >= 11 is 0. The Morgan fingerprint density at radius 2 is 2.00 bits per heavy atom. The Hall–Kier alpha value is -0.610. The SMILES string of the molecule is CC(C)C1CCN(C(=O)C2CC(O)CN2)CC1. The van der Waals surface area contributed by atoms with Crippen LogP contribution >= 0.6 is 0 Å². The van der Waals surface area contributed by atoms with Gasteiger partial charge in [0.2, 0.25) is 5.91 Å². The van der Waals surface area contributed by atoms with Crippen molar-refractivity contribution in [2.24, 2.45) is 11.8 Å². The molecule has 0 aliphatic carbocycles. The van der Waals surface area contributed by atoms with Crippen LogP contribution in [0.25, 0.3) is 0 Å². The maximum absolute atomic E-state index is 12.2. The number of likely N-dealkylation sites (tertiary alicyclic amines) is 1. The number of β-amino-alcohol motifs (C(OH)–C–C–N with tert-alkyl or cyclic N) is 1. The molecular weight excluding hydrogens is 216 g/mol. The summed E-state index contributed by atoms with van der Waals surface area (Å²) in [6, 6.07) is -0.152. The van der Waals surface area contributed by atoms with Crippen molar-refractivity contribution < 1.29 is 9.90 Å². The molecule has 0 aromatic rings. The fourth-order valence-electron chi connectivity index (χ4n) is 2.91. The average molecular weight is 240 g/mol. The second-order valence-electron chi connectivity index (χ2n) is 5.76. The van der Waals surface area contributed by atoms with Crippen molar-refractivity contribution in [3.8, 4) is 0 Å². The molecule has 0 aromatic carbocycles. The molecule has 4 heteroatoms. The number of aliphatic hydroxyl groups is 1. The van der Waals surface area contributed by atoms with Crippen LogP contribution in [0.5, 0.6) is 0 Å². The summed E-state index contributed by atoms with van der Waals surface area (Å²) in [5.74, 6) is 1.67. The summed E-state index contributed by atoms with van der Waals surface area (Å²) in [6.45, 7) is 6.85. The van der Waals surface area contributed by atoms with E-state index in [-0.39, 0.29) is 18.1 Å². The van der Waals surface area contributed by atoms with Crippen LogP contribution in [0.2, 0.25) is 0 Å². The summed E-state index contributed by atoms with van der Waals surface area (Å²) in [5, 5.41) is 12.5. The molecule has 2 aliphatic heterocycles. The molecule has 98 valence electrons. The third-order valence-corrected chi connectivity index (χ3v) is 4.20. The molecule has 2 atom stereocenters. The number of nitrogens with one attached hydrogen (secondary N) is 1. The zero-order chi connectivity index (χ0) is 12.4. The van der Waals surface area contributed by atoms with E-state index in [9.17, 15) is 9.90 Å². The van der Waals surface area contributed by atoms with E-state index in [2.05, 4.69) is 19.2 Å². The van der Waals surface area contributed by atoms with Gasteiger partial charge in [0.1, 0.15) is 0 Å². The van der Waals surface area contributed by atoms with Crippen LogP contribution < -0.4 is 5.32 Å². The third kappa shape index (κ3) is 2.99. The van der Waals surface area contributed by atoms with Gasteiger partial charge in [0.25, 0.3) is 0 Å². The molecule has 0 spiro atoms. The molecule has 0 bridgehead atoms. The number of amides is 1. The Kier molecular flexibility index (Phi) is 4.05. The molecule has 0 saturated carbocycles. The minimum absolute atomic E-state index is 0.152. The second-order valence-corrected chi connectivity index (χ2v) is 5.76. The lowest BCUT2D eigenvalue weighted by Crippen LogP contribution is -2.47. The lowest BCUT2D eigenvalue weighted by Gasteiger charge is -2.35. The molecule has 2 heterocycles. The Morgan fingerprint density at radius 3 is 2.47 bits per heavy atom. The van der Waals surface area contributed by atoms with Crippen molar-refractivity contribution in [1.82, 2.24) is 10.2 Å². The van der Waals surface area contributed by atoms with Crippen molar-refractivity contribution in [3.63, 3.8) is 0 Å².